The summed E-state index contributed by atoms with van der Waals surface area (Å²) in [7, 11) is 0. The molecule has 2 heterocycles. The molecule has 3 heteroatoms. The van der Waals surface area contributed by atoms with Gasteiger partial charge in [0.05, 0.1) is 11.7 Å². The summed E-state index contributed by atoms with van der Waals surface area (Å²) in [6.45, 7) is 2.13. The van der Waals surface area contributed by atoms with Gasteiger partial charge in [0.1, 0.15) is 0 Å². The van der Waals surface area contributed by atoms with Crippen molar-refractivity contribution >= 4 is 17.0 Å². The lowest BCUT2D eigenvalue weighted by molar-refractivity contribution is 0.840. The fraction of sp³-hybridized carbons (Fsp3) is 0.118. The summed E-state index contributed by atoms with van der Waals surface area (Å²) in [6, 6.07) is 18.8. The molecule has 0 aliphatic rings. The Bertz CT molecular complexity index is 662. The van der Waals surface area contributed by atoms with E-state index in [0.717, 1.165) is 11.4 Å². The number of anilines is 1. The summed E-state index contributed by atoms with van der Waals surface area (Å²) in [6.07, 6.45) is 1.83. The number of hydrogen-bond donors (Lipinski definition) is 1. The minimum absolute atomic E-state index is 0.178. The molecule has 0 amide bonds. The van der Waals surface area contributed by atoms with Crippen molar-refractivity contribution in [3.63, 3.8) is 0 Å². The second-order valence-electron chi connectivity index (χ2n) is 4.64. The standard InChI is InChI=1S/C17H16N2S/c1-13(15-8-4-5-11-18-15)19-16-9-3-2-7-14(16)17-10-6-12-20-17/h2-13,19H,1H3. The number of thiophene rings is 1. The molecule has 0 saturated heterocycles. The van der Waals surface area contributed by atoms with Crippen LogP contribution in [-0.2, 0) is 0 Å². The smallest absolute Gasteiger partial charge is 0.0657 e. The first-order valence-electron chi connectivity index (χ1n) is 6.65. The molecule has 100 valence electrons. The molecule has 0 fully saturated rings. The third kappa shape index (κ3) is 2.73. The lowest BCUT2D eigenvalue weighted by Gasteiger charge is -2.17. The lowest BCUT2D eigenvalue weighted by Crippen LogP contribution is -2.08. The lowest BCUT2D eigenvalue weighted by atomic mass is 10.1. The van der Waals surface area contributed by atoms with Gasteiger partial charge in [-0.15, -0.1) is 11.3 Å². The normalized spacial score (nSPS) is 12.1. The second-order valence-corrected chi connectivity index (χ2v) is 5.59. The molecule has 0 bridgehead atoms. The Kier molecular flexibility index (Phi) is 3.79. The molecule has 3 aromatic rings. The first kappa shape index (κ1) is 12.9. The average molecular weight is 280 g/mol. The van der Waals surface area contributed by atoms with Gasteiger partial charge in [-0.05, 0) is 36.6 Å². The van der Waals surface area contributed by atoms with Gasteiger partial charge in [-0.2, -0.15) is 0 Å². The maximum atomic E-state index is 4.41. The molecule has 1 unspecified atom stereocenters. The fourth-order valence-electron chi connectivity index (χ4n) is 2.19. The van der Waals surface area contributed by atoms with Crippen LogP contribution in [0.5, 0.6) is 0 Å². The number of aromatic nitrogens is 1. The van der Waals surface area contributed by atoms with Crippen LogP contribution in [0, 0.1) is 0 Å². The Labute approximate surface area is 123 Å². The zero-order valence-corrected chi connectivity index (χ0v) is 12.1. The highest BCUT2D eigenvalue weighted by molar-refractivity contribution is 7.13. The average Bonchev–Trinajstić information content (AvgIpc) is 3.03. The Morgan fingerprint density at radius 3 is 2.60 bits per heavy atom. The van der Waals surface area contributed by atoms with Crippen LogP contribution in [0.4, 0.5) is 5.69 Å². The first-order chi connectivity index (χ1) is 9.84. The number of rotatable bonds is 4. The van der Waals surface area contributed by atoms with E-state index in [2.05, 4.69) is 59.0 Å². The van der Waals surface area contributed by atoms with Crippen molar-refractivity contribution in [2.24, 2.45) is 0 Å². The molecule has 20 heavy (non-hydrogen) atoms. The van der Waals surface area contributed by atoms with Crippen molar-refractivity contribution in [1.29, 1.82) is 0 Å². The Balaban J connectivity index is 1.88. The molecule has 2 aromatic heterocycles. The van der Waals surface area contributed by atoms with Gasteiger partial charge in [-0.3, -0.25) is 4.98 Å². The van der Waals surface area contributed by atoms with Gasteiger partial charge in [-0.1, -0.05) is 30.3 Å². The zero-order valence-electron chi connectivity index (χ0n) is 11.3. The van der Waals surface area contributed by atoms with Crippen LogP contribution >= 0.6 is 11.3 Å². The van der Waals surface area contributed by atoms with Crippen molar-refractivity contribution in [2.45, 2.75) is 13.0 Å². The predicted octanol–water partition coefficient (Wildman–Crippen LogP) is 4.98. The summed E-state index contributed by atoms with van der Waals surface area (Å²) < 4.78 is 0. The van der Waals surface area contributed by atoms with Crippen LogP contribution in [0.25, 0.3) is 10.4 Å². The molecule has 0 aliphatic carbocycles. The van der Waals surface area contributed by atoms with Crippen LogP contribution < -0.4 is 5.32 Å². The van der Waals surface area contributed by atoms with Gasteiger partial charge < -0.3 is 5.32 Å². The molecule has 3 rings (SSSR count). The minimum atomic E-state index is 0.178. The third-order valence-electron chi connectivity index (χ3n) is 3.22. The summed E-state index contributed by atoms with van der Waals surface area (Å²) in [5.41, 5.74) is 3.44. The zero-order chi connectivity index (χ0) is 13.8. The van der Waals surface area contributed by atoms with Crippen molar-refractivity contribution in [1.82, 2.24) is 4.98 Å². The molecule has 0 radical (unpaired) electrons. The summed E-state index contributed by atoms with van der Waals surface area (Å²) in [5.74, 6) is 0. The van der Waals surface area contributed by atoms with Crippen molar-refractivity contribution < 1.29 is 0 Å². The minimum Gasteiger partial charge on any atom is -0.376 e. The van der Waals surface area contributed by atoms with Crippen LogP contribution in [0.15, 0.2) is 66.2 Å². The fourth-order valence-corrected chi connectivity index (χ4v) is 2.96. The Morgan fingerprint density at radius 1 is 1.00 bits per heavy atom. The van der Waals surface area contributed by atoms with Crippen molar-refractivity contribution in [3.05, 3.63) is 71.9 Å². The van der Waals surface area contributed by atoms with Crippen LogP contribution in [0.1, 0.15) is 18.7 Å². The summed E-state index contributed by atoms with van der Waals surface area (Å²) >= 11 is 1.76. The van der Waals surface area contributed by atoms with Gasteiger partial charge >= 0.3 is 0 Å². The van der Waals surface area contributed by atoms with Gasteiger partial charge in [-0.25, -0.2) is 0 Å². The van der Waals surface area contributed by atoms with Crippen LogP contribution in [0.3, 0.4) is 0 Å². The van der Waals surface area contributed by atoms with E-state index in [4.69, 9.17) is 0 Å². The summed E-state index contributed by atoms with van der Waals surface area (Å²) in [4.78, 5) is 5.69. The molecule has 0 spiro atoms. The highest BCUT2D eigenvalue weighted by Gasteiger charge is 2.10. The quantitative estimate of drug-likeness (QED) is 0.728. The van der Waals surface area contributed by atoms with E-state index in [0.29, 0.717) is 0 Å². The molecule has 1 N–H and O–H groups in total. The molecule has 1 atom stereocenters. The largest absolute Gasteiger partial charge is 0.376 e. The van der Waals surface area contributed by atoms with E-state index < -0.39 is 0 Å². The number of benzene rings is 1. The maximum Gasteiger partial charge on any atom is 0.0657 e. The molecular weight excluding hydrogens is 264 g/mol. The molecule has 0 aliphatic heterocycles. The second kappa shape index (κ2) is 5.88. The van der Waals surface area contributed by atoms with E-state index in [1.807, 2.05) is 24.4 Å². The van der Waals surface area contributed by atoms with Gasteiger partial charge in [0.2, 0.25) is 0 Å². The Morgan fingerprint density at radius 2 is 1.85 bits per heavy atom. The highest BCUT2D eigenvalue weighted by Crippen LogP contribution is 2.33. The maximum absolute atomic E-state index is 4.41. The molecular formula is C17H16N2S. The number of nitrogens with zero attached hydrogens (tertiary/aromatic N) is 1. The molecule has 0 saturated carbocycles. The predicted molar refractivity (Wildman–Crippen MR) is 86.0 cm³/mol. The molecule has 2 nitrogen and oxygen atoms in total. The van der Waals surface area contributed by atoms with E-state index in [9.17, 15) is 0 Å². The van der Waals surface area contributed by atoms with Crippen molar-refractivity contribution in [3.8, 4) is 10.4 Å². The Hall–Kier alpha value is -2.13. The SMILES string of the molecule is CC(Nc1ccccc1-c1cccs1)c1ccccn1. The van der Waals surface area contributed by atoms with Crippen molar-refractivity contribution in [2.75, 3.05) is 5.32 Å². The number of nitrogens with one attached hydrogen (secondary N) is 1. The van der Waals surface area contributed by atoms with E-state index in [1.54, 1.807) is 11.3 Å². The molecule has 1 aromatic carbocycles. The van der Waals surface area contributed by atoms with E-state index >= 15 is 0 Å². The number of hydrogen-bond acceptors (Lipinski definition) is 3. The van der Waals surface area contributed by atoms with Gasteiger partial charge in [0.25, 0.3) is 0 Å². The highest BCUT2D eigenvalue weighted by atomic mass is 32.1. The van der Waals surface area contributed by atoms with Crippen LogP contribution in [-0.4, -0.2) is 4.98 Å². The topological polar surface area (TPSA) is 24.9 Å². The first-order valence-corrected chi connectivity index (χ1v) is 7.53. The van der Waals surface area contributed by atoms with E-state index in [-0.39, 0.29) is 6.04 Å². The van der Waals surface area contributed by atoms with Crippen LogP contribution in [0.2, 0.25) is 0 Å². The van der Waals surface area contributed by atoms with E-state index in [1.165, 1.54) is 10.4 Å². The third-order valence-corrected chi connectivity index (χ3v) is 4.12. The summed E-state index contributed by atoms with van der Waals surface area (Å²) in [5, 5.41) is 5.66. The monoisotopic (exact) mass is 280 g/mol. The number of pyridine rings is 1. The van der Waals surface area contributed by atoms with Gasteiger partial charge in [0.15, 0.2) is 0 Å². The number of para-hydroxylation sites is 1. The van der Waals surface area contributed by atoms with Gasteiger partial charge in [0, 0.05) is 22.3 Å².